The average molecular weight is 369 g/mol. The smallest absolute Gasteiger partial charge is 0.244 e. The number of anilines is 1. The zero-order valence-electron chi connectivity index (χ0n) is 15.5. The van der Waals surface area contributed by atoms with Crippen LogP contribution in [0.1, 0.15) is 24.5 Å². The molecule has 7 nitrogen and oxygen atoms in total. The molecule has 144 valence electrons. The normalized spacial score (nSPS) is 20.7. The first kappa shape index (κ1) is 17.9. The van der Waals surface area contributed by atoms with Crippen molar-refractivity contribution in [3.8, 4) is 5.75 Å². The van der Waals surface area contributed by atoms with Gasteiger partial charge in [0.1, 0.15) is 12.3 Å². The Morgan fingerprint density at radius 2 is 2.00 bits per heavy atom. The van der Waals surface area contributed by atoms with E-state index in [9.17, 15) is 9.90 Å². The second-order valence-electron chi connectivity index (χ2n) is 7.31. The predicted molar refractivity (Wildman–Crippen MR) is 104 cm³/mol. The maximum Gasteiger partial charge on any atom is 0.244 e. The third-order valence-electron chi connectivity index (χ3n) is 5.60. The van der Waals surface area contributed by atoms with Gasteiger partial charge in [-0.25, -0.2) is 0 Å². The van der Waals surface area contributed by atoms with Crippen molar-refractivity contribution in [1.29, 1.82) is 0 Å². The Morgan fingerprint density at radius 1 is 1.19 bits per heavy atom. The van der Waals surface area contributed by atoms with E-state index < -0.39 is 0 Å². The quantitative estimate of drug-likeness (QED) is 0.852. The van der Waals surface area contributed by atoms with Gasteiger partial charge >= 0.3 is 0 Å². The molecular weight excluding hydrogens is 342 g/mol. The summed E-state index contributed by atoms with van der Waals surface area (Å²) in [7, 11) is 0. The Labute approximate surface area is 159 Å². The summed E-state index contributed by atoms with van der Waals surface area (Å²) in [5.41, 5.74) is 1.99. The molecule has 0 radical (unpaired) electrons. The lowest BCUT2D eigenvalue weighted by molar-refractivity contribution is -0.132. The Balaban J connectivity index is 1.35. The minimum absolute atomic E-state index is 0.112. The summed E-state index contributed by atoms with van der Waals surface area (Å²) in [4.78, 5) is 16.8. The van der Waals surface area contributed by atoms with Gasteiger partial charge in [-0.3, -0.25) is 9.48 Å². The average Bonchev–Trinajstić information content (AvgIpc) is 3.17. The number of hydrogen-bond donors (Lipinski definition) is 2. The van der Waals surface area contributed by atoms with Crippen molar-refractivity contribution in [2.45, 2.75) is 25.3 Å². The molecule has 1 aromatic heterocycles. The number of carbonyl (C=O) groups excluding carboxylic acids is 1. The van der Waals surface area contributed by atoms with Crippen LogP contribution in [-0.2, 0) is 11.3 Å². The first-order valence-corrected chi connectivity index (χ1v) is 9.75. The molecule has 0 bridgehead atoms. The zero-order chi connectivity index (χ0) is 18.6. The number of phenols is 1. The van der Waals surface area contributed by atoms with Gasteiger partial charge in [-0.1, -0.05) is 12.1 Å². The highest BCUT2D eigenvalue weighted by atomic mass is 16.3. The number of benzene rings is 1. The second-order valence-corrected chi connectivity index (χ2v) is 7.31. The van der Waals surface area contributed by atoms with Crippen LogP contribution in [0.25, 0.3) is 0 Å². The van der Waals surface area contributed by atoms with Gasteiger partial charge in [-0.05, 0) is 37.6 Å². The number of piperazine rings is 1. The molecule has 2 aliphatic rings. The molecule has 4 rings (SSSR count). The molecule has 7 heteroatoms. The number of carbonyl (C=O) groups is 1. The van der Waals surface area contributed by atoms with Gasteiger partial charge in [0.05, 0.1) is 5.69 Å². The van der Waals surface area contributed by atoms with Crippen LogP contribution in [0.4, 0.5) is 5.69 Å². The van der Waals surface area contributed by atoms with Crippen LogP contribution in [0.2, 0.25) is 0 Å². The number of piperidine rings is 1. The van der Waals surface area contributed by atoms with E-state index in [-0.39, 0.29) is 5.91 Å². The number of hydrogen-bond acceptors (Lipinski definition) is 5. The molecule has 27 heavy (non-hydrogen) atoms. The molecule has 1 atom stereocenters. The van der Waals surface area contributed by atoms with Gasteiger partial charge in [0.25, 0.3) is 0 Å². The van der Waals surface area contributed by atoms with Gasteiger partial charge in [0.15, 0.2) is 0 Å². The number of phenolic OH excluding ortho intramolecular Hbond substituents is 1. The molecule has 0 unspecified atom stereocenters. The van der Waals surface area contributed by atoms with Gasteiger partial charge in [0.2, 0.25) is 5.91 Å². The third-order valence-corrected chi connectivity index (χ3v) is 5.60. The Hall–Kier alpha value is -2.54. The minimum atomic E-state index is 0.112. The van der Waals surface area contributed by atoms with E-state index in [2.05, 4.69) is 15.3 Å². The lowest BCUT2D eigenvalue weighted by Gasteiger charge is -2.36. The lowest BCUT2D eigenvalue weighted by atomic mass is 9.96. The van der Waals surface area contributed by atoms with Crippen molar-refractivity contribution in [3.05, 3.63) is 42.2 Å². The van der Waals surface area contributed by atoms with Crippen molar-refractivity contribution >= 4 is 11.6 Å². The van der Waals surface area contributed by atoms with E-state index >= 15 is 0 Å². The minimum Gasteiger partial charge on any atom is -0.506 e. The SMILES string of the molecule is O=C(Cn1nccc1[C@@H]1CCCNC1)N1CCN(c2ccccc2O)CC1. The highest BCUT2D eigenvalue weighted by Gasteiger charge is 2.25. The monoisotopic (exact) mass is 369 g/mol. The highest BCUT2D eigenvalue weighted by molar-refractivity contribution is 5.76. The lowest BCUT2D eigenvalue weighted by Crippen LogP contribution is -2.49. The number of aromatic hydroxyl groups is 1. The van der Waals surface area contributed by atoms with Crippen LogP contribution in [0.3, 0.4) is 0 Å². The van der Waals surface area contributed by atoms with E-state index in [1.807, 2.05) is 33.8 Å². The van der Waals surface area contributed by atoms with E-state index in [0.717, 1.165) is 50.4 Å². The van der Waals surface area contributed by atoms with Crippen molar-refractivity contribution < 1.29 is 9.90 Å². The summed E-state index contributed by atoms with van der Waals surface area (Å²) in [6.07, 6.45) is 4.11. The number of nitrogens with zero attached hydrogens (tertiary/aromatic N) is 4. The Morgan fingerprint density at radius 3 is 2.74 bits per heavy atom. The van der Waals surface area contributed by atoms with Crippen LogP contribution in [0.5, 0.6) is 5.75 Å². The first-order valence-electron chi connectivity index (χ1n) is 9.75. The molecule has 2 aliphatic heterocycles. The Bertz CT molecular complexity index is 776. The van der Waals surface area contributed by atoms with Gasteiger partial charge < -0.3 is 20.2 Å². The molecule has 2 aromatic rings. The molecule has 2 saturated heterocycles. The van der Waals surface area contributed by atoms with Crippen molar-refractivity contribution in [2.75, 3.05) is 44.2 Å². The predicted octanol–water partition coefficient (Wildman–Crippen LogP) is 1.40. The molecule has 0 saturated carbocycles. The molecule has 2 N–H and O–H groups in total. The summed E-state index contributed by atoms with van der Waals surface area (Å²) >= 11 is 0. The molecular formula is C20H27N5O2. The van der Waals surface area contributed by atoms with Crippen molar-refractivity contribution in [3.63, 3.8) is 0 Å². The largest absolute Gasteiger partial charge is 0.506 e. The third kappa shape index (κ3) is 3.93. The summed E-state index contributed by atoms with van der Waals surface area (Å²) in [5, 5.41) is 17.9. The van der Waals surface area contributed by atoms with Crippen LogP contribution in [0, 0.1) is 0 Å². The van der Waals surface area contributed by atoms with Gasteiger partial charge in [-0.2, -0.15) is 5.10 Å². The number of aromatic nitrogens is 2. The fraction of sp³-hybridized carbons (Fsp3) is 0.500. The number of nitrogens with one attached hydrogen (secondary N) is 1. The van der Waals surface area contributed by atoms with Crippen LogP contribution < -0.4 is 10.2 Å². The van der Waals surface area contributed by atoms with E-state index in [0.29, 0.717) is 31.3 Å². The molecule has 0 aliphatic carbocycles. The highest BCUT2D eigenvalue weighted by Crippen LogP contribution is 2.27. The molecule has 1 amide bonds. The molecule has 3 heterocycles. The molecule has 0 spiro atoms. The van der Waals surface area contributed by atoms with Gasteiger partial charge in [0, 0.05) is 50.5 Å². The fourth-order valence-electron chi connectivity index (χ4n) is 4.08. The summed E-state index contributed by atoms with van der Waals surface area (Å²) in [6, 6.07) is 9.41. The standard InChI is InChI=1S/C20H27N5O2/c26-19-6-2-1-5-18(19)23-10-12-24(13-11-23)20(27)15-25-17(7-9-22-25)16-4-3-8-21-14-16/h1-2,5-7,9,16,21,26H,3-4,8,10-15H2/t16-/m1/s1. The van der Waals surface area contributed by atoms with Crippen molar-refractivity contribution in [1.82, 2.24) is 20.0 Å². The maximum absolute atomic E-state index is 12.8. The van der Waals surface area contributed by atoms with Crippen LogP contribution >= 0.6 is 0 Å². The van der Waals surface area contributed by atoms with E-state index in [4.69, 9.17) is 0 Å². The van der Waals surface area contributed by atoms with Crippen LogP contribution in [-0.4, -0.2) is 65.0 Å². The number of rotatable bonds is 4. The number of para-hydroxylation sites is 2. The number of amides is 1. The van der Waals surface area contributed by atoms with Crippen LogP contribution in [0.15, 0.2) is 36.5 Å². The maximum atomic E-state index is 12.8. The van der Waals surface area contributed by atoms with Crippen molar-refractivity contribution in [2.24, 2.45) is 0 Å². The summed E-state index contributed by atoms with van der Waals surface area (Å²) < 4.78 is 1.87. The molecule has 2 fully saturated rings. The van der Waals surface area contributed by atoms with E-state index in [1.165, 1.54) is 0 Å². The molecule has 1 aromatic carbocycles. The second kappa shape index (κ2) is 8.00. The fourth-order valence-corrected chi connectivity index (χ4v) is 4.08. The first-order chi connectivity index (χ1) is 13.2. The zero-order valence-corrected chi connectivity index (χ0v) is 15.5. The Kier molecular flexibility index (Phi) is 5.29. The summed E-state index contributed by atoms with van der Waals surface area (Å²) in [5.74, 6) is 0.840. The topological polar surface area (TPSA) is 73.6 Å². The van der Waals surface area contributed by atoms with Gasteiger partial charge in [-0.15, -0.1) is 0 Å². The summed E-state index contributed by atoms with van der Waals surface area (Å²) in [6.45, 7) is 5.10. The van der Waals surface area contributed by atoms with E-state index in [1.54, 1.807) is 12.3 Å².